The van der Waals surface area contributed by atoms with E-state index in [1.807, 2.05) is 37.3 Å². The van der Waals surface area contributed by atoms with Gasteiger partial charge in [-0.1, -0.05) is 42.5 Å². The predicted molar refractivity (Wildman–Crippen MR) is 85.3 cm³/mol. The number of hydrogen-bond donors (Lipinski definition) is 1. The van der Waals surface area contributed by atoms with Crippen molar-refractivity contribution < 1.29 is 14.3 Å². The third-order valence-corrected chi connectivity index (χ3v) is 3.68. The molecular weight excluding hydrogens is 278 g/mol. The van der Waals surface area contributed by atoms with Gasteiger partial charge in [-0.2, -0.15) is 0 Å². The third kappa shape index (κ3) is 3.45. The van der Waals surface area contributed by atoms with E-state index in [-0.39, 0.29) is 11.9 Å². The molecule has 0 radical (unpaired) electrons. The number of rotatable bonds is 5. The lowest BCUT2D eigenvalue weighted by molar-refractivity contribution is -0.152. The molecule has 4 nitrogen and oxygen atoms in total. The molecule has 0 heterocycles. The fourth-order valence-electron chi connectivity index (χ4n) is 2.70. The number of esters is 1. The summed E-state index contributed by atoms with van der Waals surface area (Å²) in [6.07, 6.45) is 7.59. The van der Waals surface area contributed by atoms with Gasteiger partial charge in [0.25, 0.3) is 0 Å². The average molecular weight is 299 g/mol. The molecule has 0 atom stereocenters. The maximum atomic E-state index is 12.4. The van der Waals surface area contributed by atoms with E-state index in [0.29, 0.717) is 19.4 Å². The summed E-state index contributed by atoms with van der Waals surface area (Å²) in [7, 11) is 0. The summed E-state index contributed by atoms with van der Waals surface area (Å²) in [5.41, 5.74) is 1.15. The molecule has 1 aromatic carbocycles. The lowest BCUT2D eigenvalue weighted by Gasteiger charge is -2.27. The number of nitrogens with one attached hydrogen (secondary N) is 1. The minimum Gasteiger partial charge on any atom is -0.464 e. The SMILES string of the molecule is CC=CC=CC(=O)NC1(C(=O)OCC)Cc2ccccc2C1. The second-order valence-electron chi connectivity index (χ2n) is 5.30. The summed E-state index contributed by atoms with van der Waals surface area (Å²) in [5.74, 6) is -0.669. The van der Waals surface area contributed by atoms with Gasteiger partial charge in [-0.3, -0.25) is 4.79 Å². The van der Waals surface area contributed by atoms with E-state index < -0.39 is 5.54 Å². The number of hydrogen-bond acceptors (Lipinski definition) is 3. The van der Waals surface area contributed by atoms with Gasteiger partial charge in [0, 0.05) is 18.9 Å². The molecule has 0 aliphatic heterocycles. The van der Waals surface area contributed by atoms with E-state index in [9.17, 15) is 9.59 Å². The van der Waals surface area contributed by atoms with Crippen molar-refractivity contribution in [3.8, 4) is 0 Å². The number of carbonyl (C=O) groups excluding carboxylic acids is 2. The first-order valence-corrected chi connectivity index (χ1v) is 7.47. The van der Waals surface area contributed by atoms with Crippen LogP contribution in [-0.2, 0) is 27.2 Å². The van der Waals surface area contributed by atoms with Crippen LogP contribution in [0.3, 0.4) is 0 Å². The first-order valence-electron chi connectivity index (χ1n) is 7.47. The third-order valence-electron chi connectivity index (χ3n) is 3.68. The lowest BCUT2D eigenvalue weighted by atomic mass is 9.95. The summed E-state index contributed by atoms with van der Waals surface area (Å²) in [5, 5.41) is 2.85. The Labute approximate surface area is 130 Å². The molecule has 1 N–H and O–H groups in total. The zero-order valence-corrected chi connectivity index (χ0v) is 13.0. The van der Waals surface area contributed by atoms with Crippen molar-refractivity contribution in [2.45, 2.75) is 32.2 Å². The molecule has 0 bridgehead atoms. The second-order valence-corrected chi connectivity index (χ2v) is 5.30. The molecule has 1 aliphatic carbocycles. The van der Waals surface area contributed by atoms with Gasteiger partial charge >= 0.3 is 5.97 Å². The van der Waals surface area contributed by atoms with E-state index >= 15 is 0 Å². The zero-order valence-electron chi connectivity index (χ0n) is 13.0. The Morgan fingerprint density at radius 2 is 1.86 bits per heavy atom. The van der Waals surface area contributed by atoms with Crippen LogP contribution in [-0.4, -0.2) is 24.0 Å². The summed E-state index contributed by atoms with van der Waals surface area (Å²) in [6.45, 7) is 3.93. The van der Waals surface area contributed by atoms with Crippen LogP contribution in [0.4, 0.5) is 0 Å². The molecule has 2 rings (SSSR count). The Kier molecular flexibility index (Phi) is 5.15. The number of carbonyl (C=O) groups is 2. The molecule has 0 fully saturated rings. The summed E-state index contributed by atoms with van der Waals surface area (Å²) in [6, 6.07) is 7.85. The number of amides is 1. The molecule has 0 spiro atoms. The average Bonchev–Trinajstić information content (AvgIpc) is 2.87. The molecule has 0 saturated heterocycles. The highest BCUT2D eigenvalue weighted by atomic mass is 16.5. The monoisotopic (exact) mass is 299 g/mol. The maximum absolute atomic E-state index is 12.4. The van der Waals surface area contributed by atoms with Crippen LogP contribution < -0.4 is 5.32 Å². The van der Waals surface area contributed by atoms with Crippen molar-refractivity contribution in [1.82, 2.24) is 5.32 Å². The Balaban J connectivity index is 2.22. The van der Waals surface area contributed by atoms with Crippen LogP contribution in [0.1, 0.15) is 25.0 Å². The normalized spacial score (nSPS) is 15.9. The number of allylic oxidation sites excluding steroid dienone is 3. The van der Waals surface area contributed by atoms with E-state index in [2.05, 4.69) is 5.32 Å². The lowest BCUT2D eigenvalue weighted by Crippen LogP contribution is -2.55. The minimum atomic E-state index is -1.00. The van der Waals surface area contributed by atoms with Gasteiger partial charge in [-0.05, 0) is 25.0 Å². The van der Waals surface area contributed by atoms with E-state index in [0.717, 1.165) is 11.1 Å². The Morgan fingerprint density at radius 3 is 2.41 bits per heavy atom. The number of ether oxygens (including phenoxy) is 1. The largest absolute Gasteiger partial charge is 0.464 e. The highest BCUT2D eigenvalue weighted by Gasteiger charge is 2.46. The standard InChI is InChI=1S/C18H21NO3/c1-3-5-6-11-16(20)19-18(17(21)22-4-2)12-14-9-7-8-10-15(14)13-18/h3,5-11H,4,12-13H2,1-2H3,(H,19,20). The molecule has 4 heteroatoms. The first-order chi connectivity index (χ1) is 10.6. The number of benzene rings is 1. The molecule has 1 aliphatic rings. The van der Waals surface area contributed by atoms with Crippen LogP contribution in [0.2, 0.25) is 0 Å². The molecule has 0 saturated carbocycles. The van der Waals surface area contributed by atoms with Crippen molar-refractivity contribution >= 4 is 11.9 Å². The van der Waals surface area contributed by atoms with Gasteiger partial charge < -0.3 is 10.1 Å². The van der Waals surface area contributed by atoms with Gasteiger partial charge in [0.15, 0.2) is 0 Å². The van der Waals surface area contributed by atoms with E-state index in [1.54, 1.807) is 19.1 Å². The van der Waals surface area contributed by atoms with Gasteiger partial charge in [-0.25, -0.2) is 4.79 Å². The Bertz CT molecular complexity index is 592. The highest BCUT2D eigenvalue weighted by molar-refractivity contribution is 5.94. The fourth-order valence-corrected chi connectivity index (χ4v) is 2.70. The molecule has 0 unspecified atom stereocenters. The zero-order chi connectivity index (χ0) is 16.0. The van der Waals surface area contributed by atoms with Crippen molar-refractivity contribution in [1.29, 1.82) is 0 Å². The van der Waals surface area contributed by atoms with Crippen LogP contribution in [0.5, 0.6) is 0 Å². The highest BCUT2D eigenvalue weighted by Crippen LogP contribution is 2.31. The molecule has 22 heavy (non-hydrogen) atoms. The van der Waals surface area contributed by atoms with Crippen LogP contribution in [0, 0.1) is 0 Å². The Hall–Kier alpha value is -2.36. The minimum absolute atomic E-state index is 0.293. The van der Waals surface area contributed by atoms with Crippen molar-refractivity contribution in [3.63, 3.8) is 0 Å². The van der Waals surface area contributed by atoms with Crippen LogP contribution >= 0.6 is 0 Å². The van der Waals surface area contributed by atoms with Gasteiger partial charge in [0.05, 0.1) is 6.61 Å². The predicted octanol–water partition coefficient (Wildman–Crippen LogP) is 2.34. The van der Waals surface area contributed by atoms with Crippen molar-refractivity contribution in [3.05, 3.63) is 59.7 Å². The molecule has 1 aromatic rings. The van der Waals surface area contributed by atoms with Gasteiger partial charge in [0.2, 0.25) is 5.91 Å². The maximum Gasteiger partial charge on any atom is 0.332 e. The summed E-state index contributed by atoms with van der Waals surface area (Å²) in [4.78, 5) is 24.5. The van der Waals surface area contributed by atoms with Crippen LogP contribution in [0.25, 0.3) is 0 Å². The molecular formula is C18H21NO3. The van der Waals surface area contributed by atoms with E-state index in [4.69, 9.17) is 4.74 Å². The van der Waals surface area contributed by atoms with Crippen molar-refractivity contribution in [2.24, 2.45) is 0 Å². The van der Waals surface area contributed by atoms with Gasteiger partial charge in [-0.15, -0.1) is 0 Å². The Morgan fingerprint density at radius 1 is 1.23 bits per heavy atom. The van der Waals surface area contributed by atoms with Gasteiger partial charge in [0.1, 0.15) is 5.54 Å². The van der Waals surface area contributed by atoms with Crippen molar-refractivity contribution in [2.75, 3.05) is 6.61 Å². The van der Waals surface area contributed by atoms with Crippen LogP contribution in [0.15, 0.2) is 48.6 Å². The second kappa shape index (κ2) is 7.07. The van der Waals surface area contributed by atoms with E-state index in [1.165, 1.54) is 6.08 Å². The topological polar surface area (TPSA) is 55.4 Å². The summed E-state index contributed by atoms with van der Waals surface area (Å²) < 4.78 is 5.20. The number of fused-ring (bicyclic) bond motifs is 1. The summed E-state index contributed by atoms with van der Waals surface area (Å²) >= 11 is 0. The molecule has 0 aromatic heterocycles. The first kappa shape index (κ1) is 16.0. The smallest absolute Gasteiger partial charge is 0.332 e. The molecule has 1 amide bonds. The fraction of sp³-hybridized carbons (Fsp3) is 0.333. The quantitative estimate of drug-likeness (QED) is 0.516. The molecule has 116 valence electrons.